The van der Waals surface area contributed by atoms with Crippen LogP contribution in [0.4, 0.5) is 11.5 Å². The average Bonchev–Trinajstić information content (AvgIpc) is 2.98. The fraction of sp³-hybridized carbons (Fsp3) is 0.471. The Labute approximate surface area is 126 Å². The molecule has 1 aliphatic heterocycles. The number of piperazine rings is 1. The Morgan fingerprint density at radius 2 is 1.57 bits per heavy atom. The van der Waals surface area contributed by atoms with E-state index in [4.69, 9.17) is 4.52 Å². The first kappa shape index (κ1) is 14.0. The summed E-state index contributed by atoms with van der Waals surface area (Å²) in [6, 6.07) is 12.7. The van der Waals surface area contributed by atoms with Crippen molar-refractivity contribution in [1.82, 2.24) is 5.16 Å². The summed E-state index contributed by atoms with van der Waals surface area (Å²) in [5.41, 5.74) is 1.31. The highest BCUT2D eigenvalue weighted by molar-refractivity contribution is 5.49. The second-order valence-corrected chi connectivity index (χ2v) is 6.61. The van der Waals surface area contributed by atoms with Crippen molar-refractivity contribution < 1.29 is 4.52 Å². The Hall–Kier alpha value is -1.97. The lowest BCUT2D eigenvalue weighted by Crippen LogP contribution is -2.46. The summed E-state index contributed by atoms with van der Waals surface area (Å²) < 4.78 is 5.49. The molecule has 0 N–H and O–H groups in total. The van der Waals surface area contributed by atoms with E-state index in [2.05, 4.69) is 72.1 Å². The zero-order valence-electron chi connectivity index (χ0n) is 13.0. The lowest BCUT2D eigenvalue weighted by atomic mass is 9.93. The number of nitrogens with zero attached hydrogens (tertiary/aromatic N) is 3. The lowest BCUT2D eigenvalue weighted by molar-refractivity contribution is 0.329. The Kier molecular flexibility index (Phi) is 3.62. The summed E-state index contributed by atoms with van der Waals surface area (Å²) in [4.78, 5) is 4.72. The van der Waals surface area contributed by atoms with Gasteiger partial charge in [-0.1, -0.05) is 44.1 Å². The van der Waals surface area contributed by atoms with Crippen LogP contribution in [-0.4, -0.2) is 31.3 Å². The zero-order valence-corrected chi connectivity index (χ0v) is 13.0. The summed E-state index contributed by atoms with van der Waals surface area (Å²) in [6.45, 7) is 10.4. The molecule has 1 aliphatic rings. The molecule has 4 nitrogen and oxygen atoms in total. The highest BCUT2D eigenvalue weighted by atomic mass is 16.5. The Bertz CT molecular complexity index is 578. The molecule has 3 rings (SSSR count). The van der Waals surface area contributed by atoms with E-state index in [0.717, 1.165) is 37.8 Å². The number of hydrogen-bond donors (Lipinski definition) is 0. The van der Waals surface area contributed by atoms with Gasteiger partial charge in [-0.25, -0.2) is 0 Å². The quantitative estimate of drug-likeness (QED) is 0.847. The molecule has 112 valence electrons. The molecule has 0 amide bonds. The van der Waals surface area contributed by atoms with Gasteiger partial charge in [0.2, 0.25) is 0 Å². The predicted molar refractivity (Wildman–Crippen MR) is 86.1 cm³/mol. The van der Waals surface area contributed by atoms with Crippen LogP contribution >= 0.6 is 0 Å². The van der Waals surface area contributed by atoms with Crippen LogP contribution in [0.3, 0.4) is 0 Å². The fourth-order valence-electron chi connectivity index (χ4n) is 2.60. The first-order valence-corrected chi connectivity index (χ1v) is 7.56. The summed E-state index contributed by atoms with van der Waals surface area (Å²) in [5.74, 6) is 1.91. The second-order valence-electron chi connectivity index (χ2n) is 6.61. The molecule has 0 spiro atoms. The van der Waals surface area contributed by atoms with Crippen LogP contribution in [0.15, 0.2) is 40.9 Å². The van der Waals surface area contributed by atoms with Crippen LogP contribution in [-0.2, 0) is 5.41 Å². The summed E-state index contributed by atoms with van der Waals surface area (Å²) in [7, 11) is 0. The van der Waals surface area contributed by atoms with Crippen molar-refractivity contribution in [1.29, 1.82) is 0 Å². The van der Waals surface area contributed by atoms with Crippen molar-refractivity contribution in [3.63, 3.8) is 0 Å². The highest BCUT2D eigenvalue weighted by Gasteiger charge is 2.24. The van der Waals surface area contributed by atoms with Crippen LogP contribution in [0.2, 0.25) is 0 Å². The predicted octanol–water partition coefficient (Wildman–Crippen LogP) is 3.30. The molecule has 0 saturated carbocycles. The van der Waals surface area contributed by atoms with Crippen LogP contribution in [0.1, 0.15) is 26.5 Å². The summed E-state index contributed by atoms with van der Waals surface area (Å²) in [6.07, 6.45) is 0. The molecular weight excluding hydrogens is 262 g/mol. The van der Waals surface area contributed by atoms with Gasteiger partial charge in [0.1, 0.15) is 5.76 Å². The van der Waals surface area contributed by atoms with Crippen molar-refractivity contribution in [3.8, 4) is 0 Å². The third-order valence-corrected chi connectivity index (χ3v) is 3.96. The molecule has 0 aliphatic carbocycles. The third kappa shape index (κ3) is 3.04. The van der Waals surface area contributed by atoms with Crippen LogP contribution in [0.5, 0.6) is 0 Å². The second kappa shape index (κ2) is 5.43. The molecule has 1 fully saturated rings. The van der Waals surface area contributed by atoms with Gasteiger partial charge in [0.25, 0.3) is 0 Å². The molecular formula is C17H23N3O. The van der Waals surface area contributed by atoms with Gasteiger partial charge in [0, 0.05) is 43.3 Å². The largest absolute Gasteiger partial charge is 0.368 e. The minimum absolute atomic E-state index is 0.0110. The SMILES string of the molecule is CC(C)(C)c1cc(N2CCN(c3ccccc3)CC2)no1. The Morgan fingerprint density at radius 3 is 2.14 bits per heavy atom. The number of rotatable bonds is 2. The number of benzene rings is 1. The molecule has 0 atom stereocenters. The maximum atomic E-state index is 5.49. The number of aromatic nitrogens is 1. The van der Waals surface area contributed by atoms with Gasteiger partial charge in [-0.2, -0.15) is 0 Å². The third-order valence-electron chi connectivity index (χ3n) is 3.96. The Morgan fingerprint density at radius 1 is 0.952 bits per heavy atom. The van der Waals surface area contributed by atoms with Crippen molar-refractivity contribution in [3.05, 3.63) is 42.2 Å². The van der Waals surface area contributed by atoms with E-state index in [1.807, 2.05) is 0 Å². The van der Waals surface area contributed by atoms with Gasteiger partial charge >= 0.3 is 0 Å². The topological polar surface area (TPSA) is 32.5 Å². The van der Waals surface area contributed by atoms with Gasteiger partial charge in [-0.15, -0.1) is 0 Å². The smallest absolute Gasteiger partial charge is 0.172 e. The molecule has 21 heavy (non-hydrogen) atoms. The van der Waals surface area contributed by atoms with Crippen molar-refractivity contribution in [2.24, 2.45) is 0 Å². The zero-order chi connectivity index (χ0) is 14.9. The van der Waals surface area contributed by atoms with Crippen molar-refractivity contribution in [2.75, 3.05) is 36.0 Å². The molecule has 1 saturated heterocycles. The average molecular weight is 285 g/mol. The van der Waals surface area contributed by atoms with Gasteiger partial charge in [-0.05, 0) is 12.1 Å². The van der Waals surface area contributed by atoms with E-state index in [1.54, 1.807) is 0 Å². The first-order valence-electron chi connectivity index (χ1n) is 7.56. The maximum Gasteiger partial charge on any atom is 0.172 e. The standard InChI is InChI=1S/C17H23N3O/c1-17(2,3)15-13-16(18-21-15)20-11-9-19(10-12-20)14-7-5-4-6-8-14/h4-8,13H,9-12H2,1-3H3. The summed E-state index contributed by atoms with van der Waals surface area (Å²) in [5, 5.41) is 4.24. The van der Waals surface area contributed by atoms with E-state index >= 15 is 0 Å². The molecule has 2 heterocycles. The van der Waals surface area contributed by atoms with Crippen LogP contribution in [0, 0.1) is 0 Å². The van der Waals surface area contributed by atoms with E-state index in [0.29, 0.717) is 0 Å². The normalized spacial score (nSPS) is 16.3. The van der Waals surface area contributed by atoms with Gasteiger partial charge in [-0.3, -0.25) is 0 Å². The fourth-order valence-corrected chi connectivity index (χ4v) is 2.60. The molecule has 0 unspecified atom stereocenters. The van der Waals surface area contributed by atoms with E-state index in [-0.39, 0.29) is 5.41 Å². The molecule has 2 aromatic rings. The van der Waals surface area contributed by atoms with Gasteiger partial charge in [0.15, 0.2) is 5.82 Å². The molecule has 0 bridgehead atoms. The molecule has 1 aromatic heterocycles. The van der Waals surface area contributed by atoms with E-state index in [9.17, 15) is 0 Å². The van der Waals surface area contributed by atoms with Gasteiger partial charge in [0.05, 0.1) is 0 Å². The molecule has 1 aromatic carbocycles. The molecule has 4 heteroatoms. The monoisotopic (exact) mass is 285 g/mol. The van der Waals surface area contributed by atoms with Crippen molar-refractivity contribution in [2.45, 2.75) is 26.2 Å². The number of anilines is 2. The van der Waals surface area contributed by atoms with Gasteiger partial charge < -0.3 is 14.3 Å². The highest BCUT2D eigenvalue weighted by Crippen LogP contribution is 2.27. The van der Waals surface area contributed by atoms with Crippen LogP contribution in [0.25, 0.3) is 0 Å². The first-order chi connectivity index (χ1) is 10.0. The van der Waals surface area contributed by atoms with E-state index in [1.165, 1.54) is 5.69 Å². The maximum absolute atomic E-state index is 5.49. The Balaban J connectivity index is 1.65. The lowest BCUT2D eigenvalue weighted by Gasteiger charge is -2.35. The van der Waals surface area contributed by atoms with Crippen molar-refractivity contribution >= 4 is 11.5 Å². The minimum atomic E-state index is 0.0110. The van der Waals surface area contributed by atoms with Crippen LogP contribution < -0.4 is 9.80 Å². The summed E-state index contributed by atoms with van der Waals surface area (Å²) >= 11 is 0. The number of hydrogen-bond acceptors (Lipinski definition) is 4. The van der Waals surface area contributed by atoms with E-state index < -0.39 is 0 Å². The number of para-hydroxylation sites is 1. The minimum Gasteiger partial charge on any atom is -0.368 e. The molecule has 0 radical (unpaired) electrons.